The molecule has 0 spiro atoms. The SMILES string of the molecule is O=C1NC(=O)C(=Cc2ccccc2Oc2ccc(Cl)cc2)S1. The van der Waals surface area contributed by atoms with E-state index in [0.29, 0.717) is 27.0 Å². The van der Waals surface area contributed by atoms with Gasteiger partial charge in [0.05, 0.1) is 4.91 Å². The molecule has 0 bridgehead atoms. The van der Waals surface area contributed by atoms with Gasteiger partial charge in [0.15, 0.2) is 0 Å². The second-order valence-corrected chi connectivity index (χ2v) is 5.90. The molecule has 2 aromatic carbocycles. The zero-order valence-corrected chi connectivity index (χ0v) is 12.8. The zero-order valence-electron chi connectivity index (χ0n) is 11.2. The number of benzene rings is 2. The van der Waals surface area contributed by atoms with Crippen LogP contribution in [0.2, 0.25) is 5.02 Å². The van der Waals surface area contributed by atoms with E-state index in [2.05, 4.69) is 5.32 Å². The Hall–Kier alpha value is -2.24. The van der Waals surface area contributed by atoms with Crippen molar-refractivity contribution >= 4 is 40.6 Å². The van der Waals surface area contributed by atoms with Crippen LogP contribution >= 0.6 is 23.4 Å². The highest BCUT2D eigenvalue weighted by atomic mass is 35.5. The lowest BCUT2D eigenvalue weighted by molar-refractivity contribution is -0.115. The summed E-state index contributed by atoms with van der Waals surface area (Å²) in [6.07, 6.45) is 1.64. The molecule has 110 valence electrons. The molecule has 22 heavy (non-hydrogen) atoms. The van der Waals surface area contributed by atoms with Crippen LogP contribution in [0, 0.1) is 0 Å². The summed E-state index contributed by atoms with van der Waals surface area (Å²) in [6.45, 7) is 0. The highest BCUT2D eigenvalue weighted by Crippen LogP contribution is 2.31. The van der Waals surface area contributed by atoms with Crippen LogP contribution in [0.1, 0.15) is 5.56 Å². The third kappa shape index (κ3) is 3.32. The molecule has 2 aromatic rings. The molecule has 3 rings (SSSR count). The van der Waals surface area contributed by atoms with Crippen molar-refractivity contribution in [1.82, 2.24) is 5.32 Å². The van der Waals surface area contributed by atoms with Gasteiger partial charge < -0.3 is 4.74 Å². The van der Waals surface area contributed by atoms with Crippen LogP contribution in [0.4, 0.5) is 4.79 Å². The number of carbonyl (C=O) groups is 2. The van der Waals surface area contributed by atoms with E-state index in [4.69, 9.17) is 16.3 Å². The third-order valence-corrected chi connectivity index (χ3v) is 3.95. The van der Waals surface area contributed by atoms with Gasteiger partial charge in [-0.1, -0.05) is 29.8 Å². The number of carbonyl (C=O) groups excluding carboxylic acids is 2. The van der Waals surface area contributed by atoms with Crippen LogP contribution in [-0.2, 0) is 4.79 Å². The van der Waals surface area contributed by atoms with Crippen molar-refractivity contribution in [3.63, 3.8) is 0 Å². The lowest BCUT2D eigenvalue weighted by Crippen LogP contribution is -2.17. The summed E-state index contributed by atoms with van der Waals surface area (Å²) in [5.41, 5.74) is 0.713. The molecule has 0 aliphatic carbocycles. The smallest absolute Gasteiger partial charge is 0.290 e. The molecule has 2 amide bonds. The Kier molecular flexibility index (Phi) is 4.18. The molecule has 1 aliphatic rings. The Labute approximate surface area is 136 Å². The Balaban J connectivity index is 1.90. The molecule has 1 saturated heterocycles. The van der Waals surface area contributed by atoms with Crippen molar-refractivity contribution in [2.24, 2.45) is 0 Å². The quantitative estimate of drug-likeness (QED) is 0.844. The largest absolute Gasteiger partial charge is 0.457 e. The first-order chi connectivity index (χ1) is 10.6. The molecular formula is C16H10ClNO3S. The molecule has 4 nitrogen and oxygen atoms in total. The van der Waals surface area contributed by atoms with Crippen molar-refractivity contribution in [3.05, 3.63) is 64.0 Å². The second-order valence-electron chi connectivity index (χ2n) is 4.45. The Morgan fingerprint density at radius 1 is 1.05 bits per heavy atom. The minimum atomic E-state index is -0.392. The highest BCUT2D eigenvalue weighted by molar-refractivity contribution is 8.18. The first kappa shape index (κ1) is 14.7. The lowest BCUT2D eigenvalue weighted by atomic mass is 10.2. The summed E-state index contributed by atoms with van der Waals surface area (Å²) in [6, 6.07) is 14.3. The van der Waals surface area contributed by atoms with Crippen molar-refractivity contribution in [3.8, 4) is 11.5 Å². The summed E-state index contributed by atoms with van der Waals surface area (Å²) < 4.78 is 5.81. The fourth-order valence-corrected chi connectivity index (χ4v) is 2.68. The predicted octanol–water partition coefficient (Wildman–Crippen LogP) is 4.46. The second kappa shape index (κ2) is 6.25. The maximum absolute atomic E-state index is 11.6. The number of thioether (sulfide) groups is 1. The van der Waals surface area contributed by atoms with Gasteiger partial charge in [0.25, 0.3) is 11.1 Å². The highest BCUT2D eigenvalue weighted by Gasteiger charge is 2.25. The average molecular weight is 332 g/mol. The summed E-state index contributed by atoms with van der Waals surface area (Å²) in [4.78, 5) is 23.2. The van der Waals surface area contributed by atoms with Gasteiger partial charge >= 0.3 is 0 Å². The fourth-order valence-electron chi connectivity index (χ4n) is 1.88. The van der Waals surface area contributed by atoms with E-state index in [1.165, 1.54) is 0 Å². The Bertz CT molecular complexity index is 771. The lowest BCUT2D eigenvalue weighted by Gasteiger charge is -2.09. The van der Waals surface area contributed by atoms with Crippen molar-refractivity contribution in [1.29, 1.82) is 0 Å². The number of imide groups is 1. The number of hydrogen-bond donors (Lipinski definition) is 1. The molecule has 0 unspecified atom stereocenters. The number of amides is 2. The van der Waals surface area contributed by atoms with Gasteiger partial charge in [-0.05, 0) is 48.2 Å². The van der Waals surface area contributed by atoms with E-state index < -0.39 is 5.91 Å². The molecule has 1 fully saturated rings. The van der Waals surface area contributed by atoms with Gasteiger partial charge in [-0.25, -0.2) is 0 Å². The molecule has 0 radical (unpaired) electrons. The Morgan fingerprint density at radius 3 is 2.45 bits per heavy atom. The molecule has 0 atom stereocenters. The molecule has 1 heterocycles. The summed E-state index contributed by atoms with van der Waals surface area (Å²) in [7, 11) is 0. The number of rotatable bonds is 3. The summed E-state index contributed by atoms with van der Waals surface area (Å²) in [5, 5.41) is 2.48. The van der Waals surface area contributed by atoms with E-state index in [-0.39, 0.29) is 5.24 Å². The molecular weight excluding hydrogens is 322 g/mol. The normalized spacial score (nSPS) is 16.0. The van der Waals surface area contributed by atoms with Crippen molar-refractivity contribution in [2.45, 2.75) is 0 Å². The van der Waals surface area contributed by atoms with E-state index in [1.807, 2.05) is 18.2 Å². The van der Waals surface area contributed by atoms with E-state index in [1.54, 1.807) is 36.4 Å². The molecule has 6 heteroatoms. The molecule has 1 N–H and O–H groups in total. The van der Waals surface area contributed by atoms with Crippen LogP contribution in [0.15, 0.2) is 53.4 Å². The zero-order chi connectivity index (χ0) is 15.5. The first-order valence-electron chi connectivity index (χ1n) is 6.39. The Morgan fingerprint density at radius 2 is 1.77 bits per heavy atom. The number of hydrogen-bond acceptors (Lipinski definition) is 4. The summed E-state index contributed by atoms with van der Waals surface area (Å²) >= 11 is 6.72. The first-order valence-corrected chi connectivity index (χ1v) is 7.58. The van der Waals surface area contributed by atoms with Gasteiger partial charge in [0, 0.05) is 10.6 Å². The summed E-state index contributed by atoms with van der Waals surface area (Å²) in [5.74, 6) is 0.830. The van der Waals surface area contributed by atoms with E-state index in [9.17, 15) is 9.59 Å². The van der Waals surface area contributed by atoms with Crippen LogP contribution < -0.4 is 10.1 Å². The van der Waals surface area contributed by atoms with Gasteiger partial charge in [-0.3, -0.25) is 14.9 Å². The monoisotopic (exact) mass is 331 g/mol. The topological polar surface area (TPSA) is 55.4 Å². The number of halogens is 1. The average Bonchev–Trinajstić information content (AvgIpc) is 2.81. The molecule has 0 aromatic heterocycles. The third-order valence-electron chi connectivity index (χ3n) is 2.89. The minimum absolute atomic E-state index is 0.345. The standard InChI is InChI=1S/C16H10ClNO3S/c17-11-5-7-12(8-6-11)21-13-4-2-1-3-10(13)9-14-15(19)18-16(20)22-14/h1-9H,(H,18,19,20). The van der Waals surface area contributed by atoms with Crippen LogP contribution in [-0.4, -0.2) is 11.1 Å². The number of ether oxygens (including phenoxy) is 1. The molecule has 0 saturated carbocycles. The van der Waals surface area contributed by atoms with Gasteiger partial charge in [0.1, 0.15) is 11.5 Å². The number of para-hydroxylation sites is 1. The number of nitrogens with one attached hydrogen (secondary N) is 1. The van der Waals surface area contributed by atoms with Gasteiger partial charge in [-0.2, -0.15) is 0 Å². The predicted molar refractivity (Wildman–Crippen MR) is 87.1 cm³/mol. The van der Waals surface area contributed by atoms with Crippen molar-refractivity contribution in [2.75, 3.05) is 0 Å². The fraction of sp³-hybridized carbons (Fsp3) is 0. The van der Waals surface area contributed by atoms with Crippen LogP contribution in [0.3, 0.4) is 0 Å². The van der Waals surface area contributed by atoms with Crippen LogP contribution in [0.25, 0.3) is 6.08 Å². The van der Waals surface area contributed by atoms with Gasteiger partial charge in [0.2, 0.25) is 0 Å². The molecule has 1 aliphatic heterocycles. The van der Waals surface area contributed by atoms with E-state index in [0.717, 1.165) is 11.8 Å². The minimum Gasteiger partial charge on any atom is -0.457 e. The van der Waals surface area contributed by atoms with E-state index >= 15 is 0 Å². The van der Waals surface area contributed by atoms with Crippen molar-refractivity contribution < 1.29 is 14.3 Å². The maximum atomic E-state index is 11.6. The maximum Gasteiger partial charge on any atom is 0.290 e. The van der Waals surface area contributed by atoms with Gasteiger partial charge in [-0.15, -0.1) is 0 Å². The van der Waals surface area contributed by atoms with Crippen LogP contribution in [0.5, 0.6) is 11.5 Å².